The van der Waals surface area contributed by atoms with Crippen molar-refractivity contribution in [2.24, 2.45) is 0 Å². The zero-order valence-electron chi connectivity index (χ0n) is 13.9. The Hall–Kier alpha value is -0.940. The number of nitrogens with one attached hydrogen (secondary N) is 1. The van der Waals surface area contributed by atoms with Gasteiger partial charge in [0.05, 0.1) is 13.2 Å². The van der Waals surface area contributed by atoms with Crippen LogP contribution in [0.25, 0.3) is 0 Å². The molecule has 1 aromatic carbocycles. The molecule has 21 heavy (non-hydrogen) atoms. The van der Waals surface area contributed by atoms with Crippen molar-refractivity contribution in [2.45, 2.75) is 33.0 Å². The summed E-state index contributed by atoms with van der Waals surface area (Å²) in [6.45, 7) is 9.53. The van der Waals surface area contributed by atoms with Crippen molar-refractivity contribution in [1.29, 1.82) is 0 Å². The van der Waals surface area contributed by atoms with E-state index >= 15 is 0 Å². The van der Waals surface area contributed by atoms with Gasteiger partial charge in [-0.25, -0.2) is 0 Å². The molecule has 0 saturated heterocycles. The Bertz CT molecular complexity index is 375. The Morgan fingerprint density at radius 1 is 1.00 bits per heavy atom. The molecular formula is C17H30N2O2. The third kappa shape index (κ3) is 7.58. The van der Waals surface area contributed by atoms with Gasteiger partial charge in [0.15, 0.2) is 0 Å². The van der Waals surface area contributed by atoms with E-state index in [1.807, 2.05) is 0 Å². The first-order valence-corrected chi connectivity index (χ1v) is 7.67. The maximum absolute atomic E-state index is 5.20. The monoisotopic (exact) mass is 294 g/mol. The minimum absolute atomic E-state index is 0.496. The number of rotatable bonds is 11. The summed E-state index contributed by atoms with van der Waals surface area (Å²) in [5.41, 5.74) is 2.74. The maximum atomic E-state index is 5.20. The van der Waals surface area contributed by atoms with Gasteiger partial charge in [0.2, 0.25) is 0 Å². The van der Waals surface area contributed by atoms with Crippen LogP contribution in [0.4, 0.5) is 0 Å². The Balaban J connectivity index is 2.67. The van der Waals surface area contributed by atoms with E-state index in [0.717, 1.165) is 39.4 Å². The van der Waals surface area contributed by atoms with Crippen molar-refractivity contribution < 1.29 is 9.47 Å². The molecule has 1 N–H and O–H groups in total. The van der Waals surface area contributed by atoms with Gasteiger partial charge in [0.1, 0.15) is 0 Å². The zero-order valence-corrected chi connectivity index (χ0v) is 13.9. The van der Waals surface area contributed by atoms with Gasteiger partial charge in [-0.05, 0) is 11.1 Å². The van der Waals surface area contributed by atoms with E-state index in [1.165, 1.54) is 11.1 Å². The van der Waals surface area contributed by atoms with Crippen LogP contribution >= 0.6 is 0 Å². The third-order valence-corrected chi connectivity index (χ3v) is 3.44. The van der Waals surface area contributed by atoms with Crippen molar-refractivity contribution in [1.82, 2.24) is 10.2 Å². The molecule has 120 valence electrons. The highest BCUT2D eigenvalue weighted by atomic mass is 16.5. The third-order valence-electron chi connectivity index (χ3n) is 3.44. The second-order valence-electron chi connectivity index (χ2n) is 5.57. The normalized spacial score (nSPS) is 11.5. The molecule has 0 radical (unpaired) electrons. The average molecular weight is 294 g/mol. The van der Waals surface area contributed by atoms with Crippen LogP contribution in [0.3, 0.4) is 0 Å². The fourth-order valence-corrected chi connectivity index (χ4v) is 2.15. The van der Waals surface area contributed by atoms with Crippen molar-refractivity contribution >= 4 is 0 Å². The lowest BCUT2D eigenvalue weighted by atomic mass is 10.1. The van der Waals surface area contributed by atoms with Crippen LogP contribution < -0.4 is 5.32 Å². The van der Waals surface area contributed by atoms with Crippen LogP contribution in [-0.4, -0.2) is 51.5 Å². The fourth-order valence-electron chi connectivity index (χ4n) is 2.15. The molecule has 1 rings (SSSR count). The minimum Gasteiger partial charge on any atom is -0.383 e. The topological polar surface area (TPSA) is 33.7 Å². The summed E-state index contributed by atoms with van der Waals surface area (Å²) in [6, 6.07) is 9.13. The lowest BCUT2D eigenvalue weighted by Gasteiger charge is -2.23. The van der Waals surface area contributed by atoms with Crippen molar-refractivity contribution in [2.75, 3.05) is 40.5 Å². The first-order valence-electron chi connectivity index (χ1n) is 7.67. The SMILES string of the molecule is COCCN(CCOC)Cc1ccccc1CNC(C)C. The van der Waals surface area contributed by atoms with Crippen LogP contribution in [0.2, 0.25) is 0 Å². The fraction of sp³-hybridized carbons (Fsp3) is 0.647. The van der Waals surface area contributed by atoms with Gasteiger partial charge in [-0.3, -0.25) is 4.90 Å². The number of benzene rings is 1. The van der Waals surface area contributed by atoms with Gasteiger partial charge >= 0.3 is 0 Å². The summed E-state index contributed by atoms with van der Waals surface area (Å²) in [7, 11) is 3.49. The molecule has 0 bridgehead atoms. The van der Waals surface area contributed by atoms with Crippen LogP contribution in [0.15, 0.2) is 24.3 Å². The lowest BCUT2D eigenvalue weighted by Crippen LogP contribution is -2.31. The largest absolute Gasteiger partial charge is 0.383 e. The molecule has 0 unspecified atom stereocenters. The standard InChI is InChI=1S/C17H30N2O2/c1-15(2)18-13-16-7-5-6-8-17(16)14-19(9-11-20-3)10-12-21-4/h5-8,15,18H,9-14H2,1-4H3. The van der Waals surface area contributed by atoms with Crippen molar-refractivity contribution in [3.63, 3.8) is 0 Å². The smallest absolute Gasteiger partial charge is 0.0589 e. The average Bonchev–Trinajstić information content (AvgIpc) is 2.48. The molecular weight excluding hydrogens is 264 g/mol. The lowest BCUT2D eigenvalue weighted by molar-refractivity contribution is 0.110. The van der Waals surface area contributed by atoms with E-state index in [2.05, 4.69) is 48.3 Å². The van der Waals surface area contributed by atoms with Crippen LogP contribution in [-0.2, 0) is 22.6 Å². The molecule has 0 amide bonds. The zero-order chi connectivity index (χ0) is 15.5. The summed E-state index contributed by atoms with van der Waals surface area (Å²) in [6.07, 6.45) is 0. The summed E-state index contributed by atoms with van der Waals surface area (Å²) in [4.78, 5) is 2.38. The Morgan fingerprint density at radius 2 is 1.57 bits per heavy atom. The maximum Gasteiger partial charge on any atom is 0.0589 e. The molecule has 0 atom stereocenters. The number of hydrogen-bond acceptors (Lipinski definition) is 4. The van der Waals surface area contributed by atoms with E-state index in [0.29, 0.717) is 6.04 Å². The predicted molar refractivity (Wildman–Crippen MR) is 87.4 cm³/mol. The Kier molecular flexibility index (Phi) is 9.26. The van der Waals surface area contributed by atoms with Gasteiger partial charge in [0.25, 0.3) is 0 Å². The molecule has 0 spiro atoms. The number of hydrogen-bond donors (Lipinski definition) is 1. The van der Waals surface area contributed by atoms with Crippen molar-refractivity contribution in [3.05, 3.63) is 35.4 Å². The first-order chi connectivity index (χ1) is 10.2. The van der Waals surface area contributed by atoms with E-state index in [1.54, 1.807) is 14.2 Å². The van der Waals surface area contributed by atoms with E-state index in [9.17, 15) is 0 Å². The molecule has 0 aliphatic rings. The predicted octanol–water partition coefficient (Wildman–Crippen LogP) is 2.28. The summed E-state index contributed by atoms with van der Waals surface area (Å²) < 4.78 is 10.4. The minimum atomic E-state index is 0.496. The van der Waals surface area contributed by atoms with Crippen LogP contribution in [0, 0.1) is 0 Å². The number of ether oxygens (including phenoxy) is 2. The van der Waals surface area contributed by atoms with E-state index < -0.39 is 0 Å². The Morgan fingerprint density at radius 3 is 2.10 bits per heavy atom. The second kappa shape index (κ2) is 10.7. The first kappa shape index (κ1) is 18.1. The summed E-state index contributed by atoms with van der Waals surface area (Å²) in [5, 5.41) is 3.49. The van der Waals surface area contributed by atoms with E-state index in [4.69, 9.17) is 9.47 Å². The number of nitrogens with zero attached hydrogens (tertiary/aromatic N) is 1. The van der Waals surface area contributed by atoms with Crippen LogP contribution in [0.1, 0.15) is 25.0 Å². The highest BCUT2D eigenvalue weighted by Gasteiger charge is 2.09. The second-order valence-corrected chi connectivity index (χ2v) is 5.57. The van der Waals surface area contributed by atoms with Gasteiger partial charge in [-0.15, -0.1) is 0 Å². The molecule has 4 nitrogen and oxygen atoms in total. The van der Waals surface area contributed by atoms with Crippen molar-refractivity contribution in [3.8, 4) is 0 Å². The highest BCUT2D eigenvalue weighted by Crippen LogP contribution is 2.12. The van der Waals surface area contributed by atoms with Gasteiger partial charge in [-0.1, -0.05) is 38.1 Å². The highest BCUT2D eigenvalue weighted by molar-refractivity contribution is 5.27. The summed E-state index contributed by atoms with van der Waals surface area (Å²) in [5.74, 6) is 0. The van der Waals surface area contributed by atoms with Crippen LogP contribution in [0.5, 0.6) is 0 Å². The van der Waals surface area contributed by atoms with Gasteiger partial charge in [0, 0.05) is 46.4 Å². The molecule has 0 saturated carbocycles. The Labute approximate surface area is 129 Å². The van der Waals surface area contributed by atoms with Gasteiger partial charge in [-0.2, -0.15) is 0 Å². The number of methoxy groups -OCH3 is 2. The molecule has 0 aliphatic carbocycles. The molecule has 0 aromatic heterocycles. The van der Waals surface area contributed by atoms with E-state index in [-0.39, 0.29) is 0 Å². The summed E-state index contributed by atoms with van der Waals surface area (Å²) >= 11 is 0. The quantitative estimate of drug-likeness (QED) is 0.679. The van der Waals surface area contributed by atoms with Gasteiger partial charge < -0.3 is 14.8 Å². The molecule has 0 heterocycles. The molecule has 4 heteroatoms. The molecule has 1 aromatic rings. The molecule has 0 aliphatic heterocycles. The molecule has 0 fully saturated rings.